The van der Waals surface area contributed by atoms with E-state index in [0.717, 1.165) is 29.9 Å². The molecule has 2 aromatic carbocycles. The van der Waals surface area contributed by atoms with Gasteiger partial charge in [0.1, 0.15) is 11.0 Å². The minimum atomic E-state index is -0.471. The van der Waals surface area contributed by atoms with Crippen LogP contribution in [0.1, 0.15) is 30.8 Å². The molecule has 0 fully saturated rings. The van der Waals surface area contributed by atoms with Crippen LogP contribution in [0.4, 0.5) is 5.69 Å². The van der Waals surface area contributed by atoms with Crippen molar-refractivity contribution in [3.8, 4) is 5.75 Å². The molecule has 0 aliphatic carbocycles. The fourth-order valence-electron chi connectivity index (χ4n) is 3.35. The number of nitrogens with zero attached hydrogens (tertiary/aromatic N) is 3. The van der Waals surface area contributed by atoms with Gasteiger partial charge in [0.15, 0.2) is 5.82 Å². The molecule has 0 saturated carbocycles. The maximum Gasteiger partial charge on any atom is 0.240 e. The Bertz CT molecular complexity index is 1040. The lowest BCUT2D eigenvalue weighted by molar-refractivity contribution is -0.116. The highest BCUT2D eigenvalue weighted by atomic mass is 35.5. The molecule has 156 valence electrons. The summed E-state index contributed by atoms with van der Waals surface area (Å²) in [5.74, 6) is 1.30. The van der Waals surface area contributed by atoms with Crippen LogP contribution in [0.2, 0.25) is 5.02 Å². The van der Waals surface area contributed by atoms with E-state index in [4.69, 9.17) is 16.3 Å². The molecular formula is C21H22ClN5O2S. The number of aromatic nitrogens is 3. The molecule has 2 atom stereocenters. The van der Waals surface area contributed by atoms with E-state index in [9.17, 15) is 4.79 Å². The van der Waals surface area contributed by atoms with Crippen molar-refractivity contribution in [2.24, 2.45) is 0 Å². The van der Waals surface area contributed by atoms with Crippen molar-refractivity contribution in [1.82, 2.24) is 14.9 Å². The quantitative estimate of drug-likeness (QED) is 0.591. The van der Waals surface area contributed by atoms with Gasteiger partial charge < -0.3 is 15.5 Å². The van der Waals surface area contributed by atoms with Gasteiger partial charge in [-0.15, -0.1) is 10.2 Å². The number of methoxy groups -OCH3 is 1. The second-order valence-electron chi connectivity index (χ2n) is 6.88. The van der Waals surface area contributed by atoms with E-state index in [-0.39, 0.29) is 11.9 Å². The largest absolute Gasteiger partial charge is 0.495 e. The zero-order chi connectivity index (χ0) is 21.1. The van der Waals surface area contributed by atoms with Gasteiger partial charge in [0, 0.05) is 12.1 Å². The van der Waals surface area contributed by atoms with Crippen LogP contribution < -0.4 is 15.5 Å². The predicted octanol–water partition coefficient (Wildman–Crippen LogP) is 4.29. The number of ether oxygens (including phenoxy) is 1. The molecule has 0 spiro atoms. The first-order valence-corrected chi connectivity index (χ1v) is 10.9. The number of hydrogen-bond acceptors (Lipinski definition) is 6. The van der Waals surface area contributed by atoms with Crippen molar-refractivity contribution < 1.29 is 9.53 Å². The van der Waals surface area contributed by atoms with Gasteiger partial charge in [-0.05, 0) is 36.2 Å². The first kappa shape index (κ1) is 20.6. The third-order valence-corrected chi connectivity index (χ3v) is 6.32. The summed E-state index contributed by atoms with van der Waals surface area (Å²) in [6.07, 6.45) is 1.74. The summed E-state index contributed by atoms with van der Waals surface area (Å²) in [6.45, 7) is 2.09. The molecule has 0 bridgehead atoms. The van der Waals surface area contributed by atoms with E-state index in [1.807, 2.05) is 53.2 Å². The number of halogens is 1. The van der Waals surface area contributed by atoms with Crippen LogP contribution in [0.25, 0.3) is 0 Å². The lowest BCUT2D eigenvalue weighted by Gasteiger charge is -2.33. The number of rotatable bonds is 6. The van der Waals surface area contributed by atoms with Gasteiger partial charge in [0.2, 0.25) is 11.1 Å². The summed E-state index contributed by atoms with van der Waals surface area (Å²) in [5, 5.41) is 12.3. The van der Waals surface area contributed by atoms with Gasteiger partial charge in [-0.1, -0.05) is 54.6 Å². The molecule has 4 rings (SSSR count). The summed E-state index contributed by atoms with van der Waals surface area (Å²) in [7, 11) is 1.58. The smallest absolute Gasteiger partial charge is 0.240 e. The number of para-hydroxylation sites is 1. The maximum atomic E-state index is 13.2. The zero-order valence-corrected chi connectivity index (χ0v) is 18.2. The highest BCUT2D eigenvalue weighted by molar-refractivity contribution is 8.00. The number of aryl methyl sites for hydroxylation is 1. The number of carbonyl (C=O) groups is 1. The summed E-state index contributed by atoms with van der Waals surface area (Å²) < 4.78 is 7.15. The van der Waals surface area contributed by atoms with E-state index >= 15 is 0 Å². The van der Waals surface area contributed by atoms with Crippen LogP contribution in [0, 0.1) is 0 Å². The third kappa shape index (κ3) is 4.11. The predicted molar refractivity (Wildman–Crippen MR) is 119 cm³/mol. The Morgan fingerprint density at radius 1 is 1.27 bits per heavy atom. The average molecular weight is 444 g/mol. The van der Waals surface area contributed by atoms with E-state index in [1.165, 1.54) is 11.8 Å². The van der Waals surface area contributed by atoms with E-state index < -0.39 is 5.25 Å². The third-order valence-electron chi connectivity index (χ3n) is 4.81. The van der Waals surface area contributed by atoms with Crippen LogP contribution in [0.5, 0.6) is 5.75 Å². The normalized spacial score (nSPS) is 17.7. The molecular weight excluding hydrogens is 422 g/mol. The number of fused-ring (bicyclic) bond motifs is 1. The maximum absolute atomic E-state index is 13.2. The van der Waals surface area contributed by atoms with E-state index in [2.05, 4.69) is 27.9 Å². The Hall–Kier alpha value is -2.71. The molecule has 2 N–H and O–H groups in total. The first-order chi connectivity index (χ1) is 14.6. The molecule has 2 heterocycles. The van der Waals surface area contributed by atoms with E-state index in [0.29, 0.717) is 15.9 Å². The van der Waals surface area contributed by atoms with Gasteiger partial charge >= 0.3 is 0 Å². The molecule has 0 saturated heterocycles. The molecule has 9 heteroatoms. The van der Waals surface area contributed by atoms with Crippen molar-refractivity contribution in [3.63, 3.8) is 0 Å². The van der Waals surface area contributed by atoms with Gasteiger partial charge in [-0.2, -0.15) is 0 Å². The number of benzene rings is 2. The summed E-state index contributed by atoms with van der Waals surface area (Å²) in [6, 6.07) is 14.6. The molecule has 0 unspecified atom stereocenters. The highest BCUT2D eigenvalue weighted by Crippen LogP contribution is 2.39. The molecule has 0 radical (unpaired) electrons. The highest BCUT2D eigenvalue weighted by Gasteiger charge is 2.38. The Morgan fingerprint density at radius 2 is 2.07 bits per heavy atom. The molecule has 1 aliphatic rings. The number of thioether (sulfide) groups is 1. The number of amides is 1. The SMILES string of the molecule is CCCc1nnc2n1N[C@H](c1ccc(OC)c(Cl)c1)[C@H](C(=O)Nc1ccccc1)S2. The minimum absolute atomic E-state index is 0.123. The Labute approximate surface area is 184 Å². The average Bonchev–Trinajstić information content (AvgIpc) is 3.15. The van der Waals surface area contributed by atoms with Crippen molar-refractivity contribution in [3.05, 3.63) is 64.9 Å². The fraction of sp³-hybridized carbons (Fsp3) is 0.286. The second kappa shape index (κ2) is 8.97. The van der Waals surface area contributed by atoms with Crippen molar-refractivity contribution >= 4 is 35.0 Å². The number of anilines is 1. The summed E-state index contributed by atoms with van der Waals surface area (Å²) in [4.78, 5) is 13.2. The number of carbonyl (C=O) groups excluding carboxylic acids is 1. The summed E-state index contributed by atoms with van der Waals surface area (Å²) >= 11 is 7.76. The lowest BCUT2D eigenvalue weighted by atomic mass is 10.0. The van der Waals surface area contributed by atoms with Crippen LogP contribution in [0.3, 0.4) is 0 Å². The van der Waals surface area contributed by atoms with Gasteiger partial charge in [-0.3, -0.25) is 4.79 Å². The zero-order valence-electron chi connectivity index (χ0n) is 16.6. The second-order valence-corrected chi connectivity index (χ2v) is 8.39. The summed E-state index contributed by atoms with van der Waals surface area (Å²) in [5.41, 5.74) is 5.06. The molecule has 1 amide bonds. The van der Waals surface area contributed by atoms with E-state index in [1.54, 1.807) is 7.11 Å². The monoisotopic (exact) mass is 443 g/mol. The van der Waals surface area contributed by atoms with Gasteiger partial charge in [0.05, 0.1) is 18.2 Å². The number of hydrogen-bond donors (Lipinski definition) is 2. The molecule has 30 heavy (non-hydrogen) atoms. The topological polar surface area (TPSA) is 81.1 Å². The standard InChI is InChI=1S/C21H22ClN5O2S/c1-3-7-17-24-25-21-27(17)26-18(13-10-11-16(29-2)15(22)12-13)19(30-21)20(28)23-14-8-5-4-6-9-14/h4-6,8-12,18-19,26H,3,7H2,1-2H3,(H,23,28)/t18-,19-/m1/s1. The minimum Gasteiger partial charge on any atom is -0.495 e. The Kier molecular flexibility index (Phi) is 6.15. The van der Waals surface area contributed by atoms with Crippen molar-refractivity contribution in [2.45, 2.75) is 36.2 Å². The van der Waals surface area contributed by atoms with Gasteiger partial charge in [0.25, 0.3) is 0 Å². The van der Waals surface area contributed by atoms with Crippen LogP contribution in [0.15, 0.2) is 53.7 Å². The van der Waals surface area contributed by atoms with Crippen molar-refractivity contribution in [2.75, 3.05) is 17.9 Å². The Balaban J connectivity index is 1.69. The molecule has 3 aromatic rings. The van der Waals surface area contributed by atoms with Gasteiger partial charge in [-0.25, -0.2) is 4.68 Å². The van der Waals surface area contributed by atoms with Crippen molar-refractivity contribution in [1.29, 1.82) is 0 Å². The van der Waals surface area contributed by atoms with Crippen LogP contribution >= 0.6 is 23.4 Å². The van der Waals surface area contributed by atoms with Crippen LogP contribution in [-0.2, 0) is 11.2 Å². The fourth-order valence-corrected chi connectivity index (χ4v) is 4.71. The van der Waals surface area contributed by atoms with Crippen LogP contribution in [-0.4, -0.2) is 33.1 Å². The molecule has 7 nitrogen and oxygen atoms in total. The first-order valence-electron chi connectivity index (χ1n) is 9.67. The number of nitrogens with one attached hydrogen (secondary N) is 2. The Morgan fingerprint density at radius 3 is 2.77 bits per heavy atom. The molecule has 1 aliphatic heterocycles. The lowest BCUT2D eigenvalue weighted by Crippen LogP contribution is -2.41. The molecule has 1 aromatic heterocycles.